The molecule has 1 aromatic carbocycles. The van der Waals surface area contributed by atoms with E-state index in [4.69, 9.17) is 5.26 Å². The summed E-state index contributed by atoms with van der Waals surface area (Å²) >= 11 is 1.01. The Morgan fingerprint density at radius 1 is 1.34 bits per heavy atom. The van der Waals surface area contributed by atoms with Gasteiger partial charge in [-0.1, -0.05) is 12.1 Å². The van der Waals surface area contributed by atoms with Gasteiger partial charge in [-0.15, -0.1) is 11.3 Å². The first-order valence-electron chi connectivity index (χ1n) is 11.2. The highest BCUT2D eigenvalue weighted by molar-refractivity contribution is 7.07. The molecule has 0 saturated carbocycles. The number of amides is 1. The lowest BCUT2D eigenvalue weighted by Crippen LogP contribution is -2.43. The number of aromatic nitrogens is 1. The summed E-state index contributed by atoms with van der Waals surface area (Å²) in [6.07, 6.45) is 2.58. The van der Waals surface area contributed by atoms with E-state index in [1.54, 1.807) is 17.9 Å². The maximum Gasteiger partial charge on any atom is 0.270 e. The van der Waals surface area contributed by atoms with Crippen LogP contribution in [-0.2, 0) is 17.8 Å². The van der Waals surface area contributed by atoms with Crippen LogP contribution in [0.4, 0.5) is 14.5 Å². The maximum absolute atomic E-state index is 13.6. The number of likely N-dealkylation sites (tertiary alicyclic amines) is 1. The van der Waals surface area contributed by atoms with Gasteiger partial charge in [0.15, 0.2) is 5.57 Å². The molecule has 0 unspecified atom stereocenters. The van der Waals surface area contributed by atoms with Gasteiger partial charge in [0.1, 0.15) is 21.8 Å². The third-order valence-corrected chi connectivity index (χ3v) is 6.72. The molecule has 1 fully saturated rings. The largest absolute Gasteiger partial charge is 0.360 e. The van der Waals surface area contributed by atoms with Crippen LogP contribution in [0.15, 0.2) is 29.1 Å². The van der Waals surface area contributed by atoms with E-state index in [-0.39, 0.29) is 41.9 Å². The highest BCUT2D eigenvalue weighted by Crippen LogP contribution is 2.26. The zero-order valence-corrected chi connectivity index (χ0v) is 20.1. The number of carbonyl (C=O) groups excluding carboxylic acids is 1. The summed E-state index contributed by atoms with van der Waals surface area (Å²) in [5.74, 6) is -3.34. The second-order valence-corrected chi connectivity index (χ2v) is 9.15. The maximum atomic E-state index is 13.6. The van der Waals surface area contributed by atoms with Crippen molar-refractivity contribution < 1.29 is 13.6 Å². The van der Waals surface area contributed by atoms with Gasteiger partial charge < -0.3 is 10.6 Å². The summed E-state index contributed by atoms with van der Waals surface area (Å²) < 4.78 is 29.1. The van der Waals surface area contributed by atoms with Crippen molar-refractivity contribution in [1.29, 1.82) is 10.5 Å². The average molecular weight is 501 g/mol. The minimum Gasteiger partial charge on any atom is -0.360 e. The molecule has 1 aliphatic heterocycles. The van der Waals surface area contributed by atoms with Crippen molar-refractivity contribution in [3.05, 3.63) is 49.4 Å². The lowest BCUT2D eigenvalue weighted by Gasteiger charge is -2.32. The Balaban J connectivity index is 1.80. The van der Waals surface area contributed by atoms with Gasteiger partial charge in [0, 0.05) is 31.4 Å². The number of nitrogens with zero attached hydrogens (tertiary/aromatic N) is 4. The van der Waals surface area contributed by atoms with Crippen LogP contribution in [0.2, 0.25) is 0 Å². The molecule has 0 atom stereocenters. The Kier molecular flexibility index (Phi) is 8.74. The van der Waals surface area contributed by atoms with Crippen LogP contribution in [0, 0.1) is 22.7 Å². The minimum atomic E-state index is -2.62. The predicted molar refractivity (Wildman–Crippen MR) is 130 cm³/mol. The molecule has 2 N–H and O–H groups in total. The summed E-state index contributed by atoms with van der Waals surface area (Å²) in [6.45, 7) is 2.75. The number of rotatable bonds is 8. The van der Waals surface area contributed by atoms with Crippen LogP contribution in [-0.4, -0.2) is 47.5 Å². The molecule has 2 aromatic rings. The topological polar surface area (TPSA) is 114 Å². The number of piperidine rings is 1. The third kappa shape index (κ3) is 6.75. The molecule has 1 saturated heterocycles. The molecule has 0 aliphatic carbocycles. The normalized spacial score (nSPS) is 16.8. The van der Waals surface area contributed by atoms with Gasteiger partial charge in [0.05, 0.1) is 12.6 Å². The number of halogens is 2. The predicted octanol–water partition coefficient (Wildman–Crippen LogP) is 1.37. The number of nitriles is 2. The summed E-state index contributed by atoms with van der Waals surface area (Å²) in [5.41, 5.74) is 1.13. The quantitative estimate of drug-likeness (QED) is 0.530. The van der Waals surface area contributed by atoms with Crippen molar-refractivity contribution in [2.24, 2.45) is 0 Å². The van der Waals surface area contributed by atoms with Crippen molar-refractivity contribution in [2.75, 3.05) is 31.5 Å². The van der Waals surface area contributed by atoms with E-state index in [0.717, 1.165) is 22.6 Å². The Bertz CT molecular complexity index is 1340. The first-order chi connectivity index (χ1) is 16.8. The molecule has 3 rings (SSSR count). The summed E-state index contributed by atoms with van der Waals surface area (Å²) in [7, 11) is 0. The van der Waals surface area contributed by atoms with E-state index in [2.05, 4.69) is 10.6 Å². The first-order valence-corrected chi connectivity index (χ1v) is 12.0. The summed E-state index contributed by atoms with van der Waals surface area (Å²) in [5, 5.41) is 23.5. The fourth-order valence-electron chi connectivity index (χ4n) is 3.89. The van der Waals surface area contributed by atoms with Gasteiger partial charge in [-0.3, -0.25) is 19.1 Å². The molecule has 184 valence electrons. The van der Waals surface area contributed by atoms with E-state index in [9.17, 15) is 23.6 Å². The smallest absolute Gasteiger partial charge is 0.270 e. The molecule has 1 aliphatic rings. The van der Waals surface area contributed by atoms with E-state index < -0.39 is 11.8 Å². The molecule has 0 bridgehead atoms. The van der Waals surface area contributed by atoms with Crippen molar-refractivity contribution in [2.45, 2.75) is 38.7 Å². The zero-order valence-electron chi connectivity index (χ0n) is 19.3. The number of nitrogens with one attached hydrogen (secondary N) is 2. The van der Waals surface area contributed by atoms with Gasteiger partial charge >= 0.3 is 0 Å². The highest BCUT2D eigenvalue weighted by Gasteiger charge is 2.34. The lowest BCUT2D eigenvalue weighted by molar-refractivity contribution is -0.115. The van der Waals surface area contributed by atoms with Crippen molar-refractivity contribution in [1.82, 2.24) is 14.8 Å². The van der Waals surface area contributed by atoms with Crippen LogP contribution in [0.1, 0.15) is 25.3 Å². The molecule has 2 heterocycles. The molecular weight excluding hydrogens is 474 g/mol. The molecule has 0 spiro atoms. The minimum absolute atomic E-state index is 0.0545. The second kappa shape index (κ2) is 11.7. The number of thiazole rings is 1. The lowest BCUT2D eigenvalue weighted by atomic mass is 10.1. The molecule has 1 aromatic heterocycles. The van der Waals surface area contributed by atoms with E-state index in [0.29, 0.717) is 30.5 Å². The van der Waals surface area contributed by atoms with Gasteiger partial charge in [-0.05, 0) is 44.0 Å². The Morgan fingerprint density at radius 3 is 2.83 bits per heavy atom. The second-order valence-electron chi connectivity index (χ2n) is 8.12. The number of hydrogen-bond donors (Lipinski definition) is 2. The molecule has 11 heteroatoms. The van der Waals surface area contributed by atoms with Crippen LogP contribution in [0.3, 0.4) is 0 Å². The first kappa shape index (κ1) is 26.1. The van der Waals surface area contributed by atoms with E-state index in [1.807, 2.05) is 30.3 Å². The monoisotopic (exact) mass is 500 g/mol. The third-order valence-electron chi connectivity index (χ3n) is 5.59. The standard InChI is InChI=1S/C24H26F2N6O2S/c1-2-32-22(34)20(35-23(32)19(14-28)21(33)29-10-9-27)15-30-18-6-3-5-17(13-18)7-12-31-11-4-8-24(25,26)16-31/h3,5-6,13,15,30H,2,4,7-8,10-12,16H2,1H3,(H,29,33)/b20-15+,23-19-. The summed E-state index contributed by atoms with van der Waals surface area (Å²) in [4.78, 5) is 26.9. The Hall–Kier alpha value is -3.54. The fourth-order valence-corrected chi connectivity index (χ4v) is 4.97. The average Bonchev–Trinajstić information content (AvgIpc) is 3.15. The molecule has 0 radical (unpaired) electrons. The number of benzene rings is 1. The van der Waals surface area contributed by atoms with E-state index in [1.165, 1.54) is 10.8 Å². The Labute approximate surface area is 205 Å². The fraction of sp³-hybridized carbons (Fsp3) is 0.417. The van der Waals surface area contributed by atoms with Crippen molar-refractivity contribution in [3.63, 3.8) is 0 Å². The molecule has 1 amide bonds. The zero-order chi connectivity index (χ0) is 25.4. The number of hydrogen-bond acceptors (Lipinski definition) is 7. The Morgan fingerprint density at radius 2 is 2.14 bits per heavy atom. The van der Waals surface area contributed by atoms with Gasteiger partial charge in [0.25, 0.3) is 17.4 Å². The molecule has 8 nitrogen and oxygen atoms in total. The van der Waals surface area contributed by atoms with Crippen LogP contribution in [0.25, 0.3) is 11.8 Å². The van der Waals surface area contributed by atoms with Crippen LogP contribution in [0.5, 0.6) is 0 Å². The molecular formula is C24H26F2N6O2S. The van der Waals surface area contributed by atoms with E-state index >= 15 is 0 Å². The number of anilines is 1. The number of carbonyl (C=O) groups is 1. The highest BCUT2D eigenvalue weighted by atomic mass is 32.1. The van der Waals surface area contributed by atoms with Gasteiger partial charge in [0.2, 0.25) is 0 Å². The van der Waals surface area contributed by atoms with Crippen LogP contribution >= 0.6 is 11.3 Å². The molecule has 35 heavy (non-hydrogen) atoms. The number of alkyl halides is 2. The van der Waals surface area contributed by atoms with Crippen molar-refractivity contribution in [3.8, 4) is 12.1 Å². The SMILES string of the molecule is CCn1c(=O)/c(=C\Nc2cccc(CCN3CCCC(F)(F)C3)c2)s/c1=C(/C#N)C(=O)NCC#N. The summed E-state index contributed by atoms with van der Waals surface area (Å²) in [6, 6.07) is 11.1. The van der Waals surface area contributed by atoms with Crippen molar-refractivity contribution >= 4 is 34.7 Å². The van der Waals surface area contributed by atoms with Crippen LogP contribution < -0.4 is 25.4 Å². The van der Waals surface area contributed by atoms with Gasteiger partial charge in [-0.25, -0.2) is 8.78 Å². The van der Waals surface area contributed by atoms with Gasteiger partial charge in [-0.2, -0.15) is 10.5 Å².